The lowest BCUT2D eigenvalue weighted by molar-refractivity contribution is 0.218. The number of amides is 1. The minimum atomic E-state index is -0.404. The third kappa shape index (κ3) is 2.44. The molecule has 86 valence electrons. The zero-order chi connectivity index (χ0) is 11.5. The molecule has 0 aliphatic carbocycles. The van der Waals surface area contributed by atoms with Crippen LogP contribution >= 0.6 is 11.6 Å². The van der Waals surface area contributed by atoms with Gasteiger partial charge in [0.05, 0.1) is 0 Å². The molecular formula is C11H12ClFN2O. The molecule has 0 spiro atoms. The normalized spacial score (nSPS) is 16.4. The van der Waals surface area contributed by atoms with E-state index in [0.29, 0.717) is 13.1 Å². The van der Waals surface area contributed by atoms with Crippen LogP contribution in [0.3, 0.4) is 0 Å². The Morgan fingerprint density at radius 2 is 1.69 bits per heavy atom. The Bertz CT molecular complexity index is 374. The highest BCUT2D eigenvalue weighted by Crippen LogP contribution is 2.17. The summed E-state index contributed by atoms with van der Waals surface area (Å²) in [5.74, 6) is -0.238. The van der Waals surface area contributed by atoms with E-state index in [2.05, 4.69) is 4.90 Å². The van der Waals surface area contributed by atoms with Crippen molar-refractivity contribution in [2.75, 3.05) is 31.1 Å². The van der Waals surface area contributed by atoms with E-state index < -0.39 is 5.37 Å². The van der Waals surface area contributed by atoms with E-state index >= 15 is 0 Å². The molecule has 1 saturated heterocycles. The lowest BCUT2D eigenvalue weighted by Gasteiger charge is -2.34. The fraction of sp³-hybridized carbons (Fsp3) is 0.364. The van der Waals surface area contributed by atoms with Crippen LogP contribution < -0.4 is 4.90 Å². The van der Waals surface area contributed by atoms with Crippen molar-refractivity contribution in [3.05, 3.63) is 30.1 Å². The quantitative estimate of drug-likeness (QED) is 0.557. The molecule has 1 aromatic carbocycles. The summed E-state index contributed by atoms with van der Waals surface area (Å²) in [6.07, 6.45) is 0. The Hall–Kier alpha value is -1.29. The van der Waals surface area contributed by atoms with E-state index in [-0.39, 0.29) is 5.82 Å². The fourth-order valence-corrected chi connectivity index (χ4v) is 1.96. The molecule has 1 heterocycles. The highest BCUT2D eigenvalue weighted by molar-refractivity contribution is 6.62. The topological polar surface area (TPSA) is 23.6 Å². The zero-order valence-electron chi connectivity index (χ0n) is 8.70. The van der Waals surface area contributed by atoms with Gasteiger partial charge >= 0.3 is 5.37 Å². The lowest BCUT2D eigenvalue weighted by atomic mass is 10.2. The van der Waals surface area contributed by atoms with Gasteiger partial charge < -0.3 is 9.80 Å². The molecule has 0 saturated carbocycles. The average molecular weight is 243 g/mol. The van der Waals surface area contributed by atoms with Gasteiger partial charge in [-0.15, -0.1) is 0 Å². The number of halogens is 2. The van der Waals surface area contributed by atoms with E-state index in [0.717, 1.165) is 18.8 Å². The second kappa shape index (κ2) is 4.70. The summed E-state index contributed by atoms with van der Waals surface area (Å²) >= 11 is 5.39. The molecule has 3 nitrogen and oxygen atoms in total. The predicted molar refractivity (Wildman–Crippen MR) is 61.4 cm³/mol. The van der Waals surface area contributed by atoms with Gasteiger partial charge in [0.1, 0.15) is 5.82 Å². The van der Waals surface area contributed by atoms with Crippen LogP contribution in [0.25, 0.3) is 0 Å². The van der Waals surface area contributed by atoms with Crippen LogP contribution in [0.2, 0.25) is 0 Å². The van der Waals surface area contributed by atoms with Crippen molar-refractivity contribution in [1.82, 2.24) is 4.90 Å². The van der Waals surface area contributed by atoms with Crippen molar-refractivity contribution in [2.45, 2.75) is 0 Å². The Morgan fingerprint density at radius 3 is 2.19 bits per heavy atom. The van der Waals surface area contributed by atoms with Crippen LogP contribution in [0.5, 0.6) is 0 Å². The molecule has 0 N–H and O–H groups in total. The fourth-order valence-electron chi connectivity index (χ4n) is 1.79. The second-order valence-corrected chi connectivity index (χ2v) is 4.03. The lowest BCUT2D eigenvalue weighted by Crippen LogP contribution is -2.47. The van der Waals surface area contributed by atoms with Crippen LogP contribution in [-0.4, -0.2) is 36.4 Å². The molecule has 1 fully saturated rings. The number of piperazine rings is 1. The van der Waals surface area contributed by atoms with Crippen molar-refractivity contribution >= 4 is 22.7 Å². The molecule has 16 heavy (non-hydrogen) atoms. The van der Waals surface area contributed by atoms with Crippen LogP contribution in [0.15, 0.2) is 24.3 Å². The molecule has 1 aromatic rings. The molecular weight excluding hydrogens is 231 g/mol. The number of anilines is 1. The minimum Gasteiger partial charge on any atom is -0.368 e. The summed E-state index contributed by atoms with van der Waals surface area (Å²) in [5.41, 5.74) is 0.975. The summed E-state index contributed by atoms with van der Waals surface area (Å²) in [6, 6.07) is 6.36. The number of carbonyl (C=O) groups excluding carboxylic acids is 1. The zero-order valence-corrected chi connectivity index (χ0v) is 9.45. The van der Waals surface area contributed by atoms with Gasteiger partial charge in [-0.1, -0.05) is 0 Å². The number of hydrogen-bond acceptors (Lipinski definition) is 2. The first-order valence-electron chi connectivity index (χ1n) is 5.12. The van der Waals surface area contributed by atoms with Gasteiger partial charge in [0, 0.05) is 31.9 Å². The first kappa shape index (κ1) is 11.2. The molecule has 0 unspecified atom stereocenters. The third-order valence-corrected chi connectivity index (χ3v) is 2.96. The molecule has 0 radical (unpaired) electrons. The van der Waals surface area contributed by atoms with Gasteiger partial charge in [-0.2, -0.15) is 0 Å². The largest absolute Gasteiger partial charge is 0.368 e. The standard InChI is InChI=1S/C11H12ClFN2O/c12-11(16)15-7-5-14(6-8-15)10-3-1-9(13)2-4-10/h1-4H,5-8H2. The van der Waals surface area contributed by atoms with Crippen molar-refractivity contribution < 1.29 is 9.18 Å². The van der Waals surface area contributed by atoms with E-state index in [1.54, 1.807) is 17.0 Å². The summed E-state index contributed by atoms with van der Waals surface area (Å²) < 4.78 is 12.7. The van der Waals surface area contributed by atoms with Gasteiger partial charge in [0.25, 0.3) is 0 Å². The van der Waals surface area contributed by atoms with Gasteiger partial charge in [-0.3, -0.25) is 4.79 Å². The van der Waals surface area contributed by atoms with E-state index in [9.17, 15) is 9.18 Å². The van der Waals surface area contributed by atoms with Crippen molar-refractivity contribution in [3.8, 4) is 0 Å². The van der Waals surface area contributed by atoms with Crippen molar-refractivity contribution in [1.29, 1.82) is 0 Å². The maximum Gasteiger partial charge on any atom is 0.316 e. The number of rotatable bonds is 1. The summed E-state index contributed by atoms with van der Waals surface area (Å²) in [7, 11) is 0. The number of benzene rings is 1. The third-order valence-electron chi connectivity index (χ3n) is 2.72. The molecule has 1 aliphatic heterocycles. The van der Waals surface area contributed by atoms with Gasteiger partial charge in [-0.05, 0) is 35.9 Å². The predicted octanol–water partition coefficient (Wildman–Crippen LogP) is 2.31. The van der Waals surface area contributed by atoms with Crippen LogP contribution in [0.4, 0.5) is 14.9 Å². The van der Waals surface area contributed by atoms with E-state index in [1.807, 2.05) is 0 Å². The molecule has 0 bridgehead atoms. The Morgan fingerprint density at radius 1 is 1.12 bits per heavy atom. The Labute approximate surface area is 98.4 Å². The molecule has 1 aliphatic rings. The second-order valence-electron chi connectivity index (χ2n) is 3.70. The molecule has 2 rings (SSSR count). The Kier molecular flexibility index (Phi) is 3.29. The molecule has 0 aromatic heterocycles. The Balaban J connectivity index is 1.99. The maximum atomic E-state index is 12.7. The van der Waals surface area contributed by atoms with Gasteiger partial charge in [-0.25, -0.2) is 4.39 Å². The highest BCUT2D eigenvalue weighted by Gasteiger charge is 2.19. The SMILES string of the molecule is O=C(Cl)N1CCN(c2ccc(F)cc2)CC1. The summed E-state index contributed by atoms with van der Waals surface area (Å²) in [4.78, 5) is 14.6. The monoisotopic (exact) mass is 242 g/mol. The molecule has 5 heteroatoms. The molecule has 1 amide bonds. The minimum absolute atomic E-state index is 0.238. The van der Waals surface area contributed by atoms with Crippen molar-refractivity contribution in [3.63, 3.8) is 0 Å². The maximum absolute atomic E-state index is 12.7. The number of nitrogens with zero attached hydrogens (tertiary/aromatic N) is 2. The van der Waals surface area contributed by atoms with Gasteiger partial charge in [0.2, 0.25) is 0 Å². The summed E-state index contributed by atoms with van der Waals surface area (Å²) in [6.45, 7) is 2.67. The summed E-state index contributed by atoms with van der Waals surface area (Å²) in [5, 5.41) is -0.404. The van der Waals surface area contributed by atoms with E-state index in [1.165, 1.54) is 12.1 Å². The number of carbonyl (C=O) groups is 1. The average Bonchev–Trinajstić information content (AvgIpc) is 2.30. The molecule has 0 atom stereocenters. The smallest absolute Gasteiger partial charge is 0.316 e. The van der Waals surface area contributed by atoms with E-state index in [4.69, 9.17) is 11.6 Å². The van der Waals surface area contributed by atoms with Gasteiger partial charge in [0.15, 0.2) is 0 Å². The van der Waals surface area contributed by atoms with Crippen LogP contribution in [0, 0.1) is 5.82 Å². The van der Waals surface area contributed by atoms with Crippen LogP contribution in [-0.2, 0) is 0 Å². The first-order chi connectivity index (χ1) is 7.66. The van der Waals surface area contributed by atoms with Crippen LogP contribution in [0.1, 0.15) is 0 Å². The highest BCUT2D eigenvalue weighted by atomic mass is 35.5. The first-order valence-corrected chi connectivity index (χ1v) is 5.49. The van der Waals surface area contributed by atoms with Crippen molar-refractivity contribution in [2.24, 2.45) is 0 Å². The number of hydrogen-bond donors (Lipinski definition) is 0.